The van der Waals surface area contributed by atoms with Crippen LogP contribution in [-0.2, 0) is 20.9 Å². The van der Waals surface area contributed by atoms with Gasteiger partial charge < -0.3 is 4.74 Å². The van der Waals surface area contributed by atoms with Crippen LogP contribution in [-0.4, -0.2) is 55.8 Å². The zero-order valence-electron chi connectivity index (χ0n) is 11.4. The second-order valence-corrected chi connectivity index (χ2v) is 4.60. The largest absolute Gasteiger partial charge is 0.366 e. The highest BCUT2D eigenvalue weighted by molar-refractivity contribution is 5.80. The molecule has 1 amide bonds. The quantitative estimate of drug-likeness (QED) is 0.758. The molecule has 1 aliphatic heterocycles. The van der Waals surface area contributed by atoms with Gasteiger partial charge in [0, 0.05) is 26.7 Å². The van der Waals surface area contributed by atoms with Crippen LogP contribution in [0.1, 0.15) is 5.56 Å². The predicted molar refractivity (Wildman–Crippen MR) is 71.2 cm³/mol. The molecule has 0 aliphatic carbocycles. The monoisotopic (exact) mass is 264 g/mol. The molecular weight excluding hydrogens is 244 g/mol. The van der Waals surface area contributed by atoms with Crippen LogP contribution < -0.4 is 0 Å². The Morgan fingerprint density at radius 3 is 2.89 bits per heavy atom. The number of ether oxygens (including phenoxy) is 1. The average Bonchev–Trinajstić information content (AvgIpc) is 2.47. The zero-order valence-corrected chi connectivity index (χ0v) is 11.4. The van der Waals surface area contributed by atoms with Crippen LogP contribution >= 0.6 is 0 Å². The minimum atomic E-state index is -0.442. The maximum atomic E-state index is 12.0. The van der Waals surface area contributed by atoms with Gasteiger partial charge in [-0.2, -0.15) is 0 Å². The molecule has 1 aliphatic rings. The Hall–Kier alpha value is -1.43. The van der Waals surface area contributed by atoms with Crippen LogP contribution in [0.3, 0.4) is 0 Å². The fraction of sp³-hybridized carbons (Fsp3) is 0.500. The first-order valence-corrected chi connectivity index (χ1v) is 6.40. The third kappa shape index (κ3) is 3.76. The maximum absolute atomic E-state index is 12.0. The molecular formula is C14H20N2O3. The van der Waals surface area contributed by atoms with Gasteiger partial charge in [0.15, 0.2) is 6.10 Å². The summed E-state index contributed by atoms with van der Waals surface area (Å²) in [5.74, 6) is -0.139. The Labute approximate surface area is 113 Å². The second kappa shape index (κ2) is 6.65. The zero-order chi connectivity index (χ0) is 13.7. The topological polar surface area (TPSA) is 42.0 Å². The number of hydrogen-bond acceptors (Lipinski definition) is 4. The Kier molecular flexibility index (Phi) is 4.90. The molecule has 0 bridgehead atoms. The van der Waals surface area contributed by atoms with Gasteiger partial charge in [0.1, 0.15) is 0 Å². The summed E-state index contributed by atoms with van der Waals surface area (Å²) in [6.07, 6.45) is -0.442. The molecule has 1 aromatic carbocycles. The van der Waals surface area contributed by atoms with Gasteiger partial charge in [-0.1, -0.05) is 30.3 Å². The van der Waals surface area contributed by atoms with E-state index in [1.807, 2.05) is 18.2 Å². The Morgan fingerprint density at radius 1 is 1.47 bits per heavy atom. The van der Waals surface area contributed by atoms with E-state index >= 15 is 0 Å². The molecule has 0 aromatic heterocycles. The fourth-order valence-corrected chi connectivity index (χ4v) is 2.13. The molecule has 1 fully saturated rings. The molecule has 0 spiro atoms. The molecule has 1 heterocycles. The molecule has 1 aromatic rings. The number of carbonyl (C=O) groups is 1. The van der Waals surface area contributed by atoms with E-state index in [0.29, 0.717) is 13.2 Å². The number of hydroxylamine groups is 2. The van der Waals surface area contributed by atoms with E-state index in [2.05, 4.69) is 17.0 Å². The van der Waals surface area contributed by atoms with Crippen molar-refractivity contribution in [2.75, 3.05) is 33.9 Å². The number of hydrogen-bond donors (Lipinski definition) is 0. The van der Waals surface area contributed by atoms with Gasteiger partial charge in [-0.15, -0.1) is 0 Å². The minimum absolute atomic E-state index is 0.139. The van der Waals surface area contributed by atoms with Crippen molar-refractivity contribution in [3.8, 4) is 0 Å². The summed E-state index contributed by atoms with van der Waals surface area (Å²) in [5, 5.41) is 1.22. The van der Waals surface area contributed by atoms with Crippen LogP contribution in [0.2, 0.25) is 0 Å². The number of morpholine rings is 1. The molecule has 0 saturated carbocycles. The van der Waals surface area contributed by atoms with Crippen molar-refractivity contribution in [2.45, 2.75) is 12.6 Å². The molecule has 5 nitrogen and oxygen atoms in total. The van der Waals surface area contributed by atoms with E-state index in [1.165, 1.54) is 17.7 Å². The van der Waals surface area contributed by atoms with E-state index in [1.54, 1.807) is 7.05 Å². The summed E-state index contributed by atoms with van der Waals surface area (Å²) in [4.78, 5) is 19.1. The highest BCUT2D eigenvalue weighted by Gasteiger charge is 2.29. The third-order valence-electron chi connectivity index (χ3n) is 3.26. The Balaban J connectivity index is 1.92. The third-order valence-corrected chi connectivity index (χ3v) is 3.26. The number of amides is 1. The first-order valence-electron chi connectivity index (χ1n) is 6.40. The first-order chi connectivity index (χ1) is 9.20. The lowest BCUT2D eigenvalue weighted by Gasteiger charge is -2.33. The van der Waals surface area contributed by atoms with Gasteiger partial charge in [0.05, 0.1) is 13.7 Å². The van der Waals surface area contributed by atoms with Crippen LogP contribution in [0.4, 0.5) is 0 Å². The van der Waals surface area contributed by atoms with E-state index < -0.39 is 6.10 Å². The number of likely N-dealkylation sites (N-methyl/N-ethyl adjacent to an activating group) is 1. The lowest BCUT2D eigenvalue weighted by molar-refractivity contribution is -0.185. The molecule has 19 heavy (non-hydrogen) atoms. The van der Waals surface area contributed by atoms with E-state index in [4.69, 9.17) is 9.57 Å². The Bertz CT molecular complexity index is 410. The molecule has 1 atom stereocenters. The molecule has 0 N–H and O–H groups in total. The molecule has 0 unspecified atom stereocenters. The van der Waals surface area contributed by atoms with Gasteiger partial charge in [-0.25, -0.2) is 5.06 Å². The van der Waals surface area contributed by atoms with Crippen LogP contribution in [0.15, 0.2) is 30.3 Å². The lowest BCUT2D eigenvalue weighted by Crippen LogP contribution is -2.49. The summed E-state index contributed by atoms with van der Waals surface area (Å²) < 4.78 is 5.52. The number of benzene rings is 1. The van der Waals surface area contributed by atoms with Crippen LogP contribution in [0, 0.1) is 0 Å². The maximum Gasteiger partial charge on any atom is 0.276 e. The molecule has 1 saturated heterocycles. The van der Waals surface area contributed by atoms with E-state index in [9.17, 15) is 4.79 Å². The van der Waals surface area contributed by atoms with Gasteiger partial charge in [-0.3, -0.25) is 14.5 Å². The number of carbonyl (C=O) groups excluding carboxylic acids is 1. The van der Waals surface area contributed by atoms with Crippen molar-refractivity contribution < 1.29 is 14.4 Å². The van der Waals surface area contributed by atoms with E-state index in [0.717, 1.165) is 13.1 Å². The summed E-state index contributed by atoms with van der Waals surface area (Å²) in [6.45, 7) is 2.85. The summed E-state index contributed by atoms with van der Waals surface area (Å²) >= 11 is 0. The second-order valence-electron chi connectivity index (χ2n) is 4.60. The van der Waals surface area contributed by atoms with Crippen molar-refractivity contribution >= 4 is 5.91 Å². The number of rotatable bonds is 4. The number of nitrogens with zero attached hydrogens (tertiary/aromatic N) is 2. The normalized spacial score (nSPS) is 20.2. The van der Waals surface area contributed by atoms with Crippen molar-refractivity contribution in [3.63, 3.8) is 0 Å². The van der Waals surface area contributed by atoms with Gasteiger partial charge in [-0.05, 0) is 5.56 Å². The van der Waals surface area contributed by atoms with Crippen LogP contribution in [0.5, 0.6) is 0 Å². The average molecular weight is 264 g/mol. The van der Waals surface area contributed by atoms with Crippen LogP contribution in [0.25, 0.3) is 0 Å². The highest BCUT2D eigenvalue weighted by atomic mass is 16.7. The molecule has 0 radical (unpaired) electrons. The summed E-state index contributed by atoms with van der Waals surface area (Å²) in [5.41, 5.74) is 1.25. The smallest absolute Gasteiger partial charge is 0.276 e. The van der Waals surface area contributed by atoms with Crippen molar-refractivity contribution in [1.29, 1.82) is 0 Å². The predicted octanol–water partition coefficient (Wildman–Crippen LogP) is 0.907. The van der Waals surface area contributed by atoms with E-state index in [-0.39, 0.29) is 5.91 Å². The van der Waals surface area contributed by atoms with Gasteiger partial charge in [0.25, 0.3) is 5.91 Å². The van der Waals surface area contributed by atoms with Gasteiger partial charge in [0.2, 0.25) is 0 Å². The highest BCUT2D eigenvalue weighted by Crippen LogP contribution is 2.12. The lowest BCUT2D eigenvalue weighted by atomic mass is 10.2. The summed E-state index contributed by atoms with van der Waals surface area (Å²) in [7, 11) is 3.07. The SMILES string of the molecule is CON(C)C(=O)[C@H]1CN(Cc2ccccc2)CCO1. The van der Waals surface area contributed by atoms with Crippen molar-refractivity contribution in [3.05, 3.63) is 35.9 Å². The minimum Gasteiger partial charge on any atom is -0.366 e. The Morgan fingerprint density at radius 2 is 2.21 bits per heavy atom. The fourth-order valence-electron chi connectivity index (χ4n) is 2.13. The first kappa shape index (κ1) is 14.0. The summed E-state index contributed by atoms with van der Waals surface area (Å²) in [6, 6.07) is 10.2. The molecule has 104 valence electrons. The van der Waals surface area contributed by atoms with Gasteiger partial charge >= 0.3 is 0 Å². The molecule has 2 rings (SSSR count). The van der Waals surface area contributed by atoms with Crippen molar-refractivity contribution in [1.82, 2.24) is 9.96 Å². The standard InChI is InChI=1S/C14H20N2O3/c1-15(18-2)14(17)13-11-16(8-9-19-13)10-12-6-4-3-5-7-12/h3-7,13H,8-11H2,1-2H3/t13-/m1/s1. The molecule has 5 heteroatoms. The van der Waals surface area contributed by atoms with Crippen molar-refractivity contribution in [2.24, 2.45) is 0 Å².